The van der Waals surface area contributed by atoms with Crippen LogP contribution in [-0.2, 0) is 0 Å². The van der Waals surface area contributed by atoms with Gasteiger partial charge >= 0.3 is 0 Å². The van der Waals surface area contributed by atoms with E-state index >= 15 is 0 Å². The zero-order valence-electron chi connectivity index (χ0n) is 12.8. The first kappa shape index (κ1) is 15.6. The van der Waals surface area contributed by atoms with Crippen molar-refractivity contribution in [2.24, 2.45) is 0 Å². The number of aromatic hydroxyl groups is 1. The molecule has 1 N–H and O–H groups in total. The Kier molecular flexibility index (Phi) is 4.84. The number of rotatable bonds is 5. The summed E-state index contributed by atoms with van der Waals surface area (Å²) in [5, 5.41) is 10.0. The third-order valence-electron chi connectivity index (χ3n) is 3.26. The predicted molar refractivity (Wildman–Crippen MR) is 85.8 cm³/mol. The summed E-state index contributed by atoms with van der Waals surface area (Å²) < 4.78 is 10.2. The van der Waals surface area contributed by atoms with Crippen LogP contribution in [0.1, 0.15) is 21.5 Å². The Morgan fingerprint density at radius 1 is 1.09 bits per heavy atom. The summed E-state index contributed by atoms with van der Waals surface area (Å²) in [5.41, 5.74) is 2.18. The van der Waals surface area contributed by atoms with Crippen LogP contribution >= 0.6 is 0 Å². The molecule has 0 aliphatic rings. The number of allylic oxidation sites excluding steroid dienone is 1. The van der Waals surface area contributed by atoms with Gasteiger partial charge in [0.15, 0.2) is 5.78 Å². The van der Waals surface area contributed by atoms with Gasteiger partial charge in [0.2, 0.25) is 0 Å². The number of benzene rings is 2. The fourth-order valence-corrected chi connectivity index (χ4v) is 2.04. The van der Waals surface area contributed by atoms with Crippen LogP contribution in [0.4, 0.5) is 0 Å². The van der Waals surface area contributed by atoms with E-state index in [1.54, 1.807) is 12.1 Å². The molecule has 4 heteroatoms. The van der Waals surface area contributed by atoms with E-state index < -0.39 is 0 Å². The highest BCUT2D eigenvalue weighted by Crippen LogP contribution is 2.33. The molecule has 0 heterocycles. The maximum atomic E-state index is 12.3. The Labute approximate surface area is 129 Å². The summed E-state index contributed by atoms with van der Waals surface area (Å²) in [6, 6.07) is 10.7. The lowest BCUT2D eigenvalue weighted by Gasteiger charge is -2.10. The van der Waals surface area contributed by atoms with Crippen molar-refractivity contribution in [3.8, 4) is 17.2 Å². The lowest BCUT2D eigenvalue weighted by Crippen LogP contribution is -2.00. The number of carbonyl (C=O) groups excluding carboxylic acids is 1. The first-order valence-corrected chi connectivity index (χ1v) is 6.79. The smallest absolute Gasteiger partial charge is 0.193 e. The van der Waals surface area contributed by atoms with Crippen LogP contribution in [0.2, 0.25) is 0 Å². The quantitative estimate of drug-likeness (QED) is 0.676. The summed E-state index contributed by atoms with van der Waals surface area (Å²) in [4.78, 5) is 12.3. The number of ketones is 1. The Balaban J connectivity index is 2.31. The van der Waals surface area contributed by atoms with Gasteiger partial charge in [-0.05, 0) is 18.6 Å². The third-order valence-corrected chi connectivity index (χ3v) is 3.26. The zero-order valence-corrected chi connectivity index (χ0v) is 12.8. The second-order valence-electron chi connectivity index (χ2n) is 4.83. The van der Waals surface area contributed by atoms with E-state index in [2.05, 4.69) is 0 Å². The van der Waals surface area contributed by atoms with E-state index in [0.717, 1.165) is 11.1 Å². The molecule has 0 fully saturated rings. The molecule has 4 nitrogen and oxygen atoms in total. The first-order chi connectivity index (χ1) is 10.5. The van der Waals surface area contributed by atoms with Crippen molar-refractivity contribution in [1.82, 2.24) is 0 Å². The molecular formula is C18H18O4. The number of carbonyl (C=O) groups is 1. The van der Waals surface area contributed by atoms with Gasteiger partial charge in [0.05, 0.1) is 14.2 Å². The van der Waals surface area contributed by atoms with Crippen molar-refractivity contribution < 1.29 is 19.4 Å². The van der Waals surface area contributed by atoms with Crippen LogP contribution in [0.5, 0.6) is 17.2 Å². The van der Waals surface area contributed by atoms with E-state index in [9.17, 15) is 9.90 Å². The van der Waals surface area contributed by atoms with Crippen molar-refractivity contribution in [2.75, 3.05) is 14.2 Å². The standard InChI is InChI=1S/C18H18O4/c1-12-4-6-13(7-5-12)8-9-15(19)18-16(20)10-14(21-2)11-17(18)22-3/h4-11,20H,1-3H3. The molecule has 0 aliphatic carbocycles. The number of hydrogen-bond acceptors (Lipinski definition) is 4. The molecule has 0 bridgehead atoms. The van der Waals surface area contributed by atoms with Gasteiger partial charge in [-0.3, -0.25) is 4.79 Å². The molecule has 2 rings (SSSR count). The van der Waals surface area contributed by atoms with Crippen LogP contribution in [0.3, 0.4) is 0 Å². The number of phenols is 1. The highest BCUT2D eigenvalue weighted by Gasteiger charge is 2.17. The summed E-state index contributed by atoms with van der Waals surface area (Å²) in [6.45, 7) is 2.00. The zero-order chi connectivity index (χ0) is 16.1. The molecular weight excluding hydrogens is 280 g/mol. The number of phenolic OH excluding ortho intramolecular Hbond substituents is 1. The lowest BCUT2D eigenvalue weighted by molar-refractivity contribution is 0.104. The molecule has 0 spiro atoms. The Hall–Kier alpha value is -2.75. The fourth-order valence-electron chi connectivity index (χ4n) is 2.04. The van der Waals surface area contributed by atoms with Crippen molar-refractivity contribution in [3.05, 3.63) is 59.2 Å². The number of methoxy groups -OCH3 is 2. The molecule has 0 saturated carbocycles. The molecule has 2 aromatic carbocycles. The molecule has 0 saturated heterocycles. The summed E-state index contributed by atoms with van der Waals surface area (Å²) >= 11 is 0. The van der Waals surface area contributed by atoms with Gasteiger partial charge in [-0.15, -0.1) is 0 Å². The third kappa shape index (κ3) is 3.47. The molecule has 0 unspecified atom stereocenters. The molecule has 0 amide bonds. The van der Waals surface area contributed by atoms with Crippen LogP contribution in [0.15, 0.2) is 42.5 Å². The van der Waals surface area contributed by atoms with Crippen molar-refractivity contribution in [2.45, 2.75) is 6.92 Å². The summed E-state index contributed by atoms with van der Waals surface area (Å²) in [7, 11) is 2.92. The average Bonchev–Trinajstić information content (AvgIpc) is 2.53. The predicted octanol–water partition coefficient (Wildman–Crippen LogP) is 3.61. The van der Waals surface area contributed by atoms with E-state index in [1.807, 2.05) is 31.2 Å². The van der Waals surface area contributed by atoms with Crippen molar-refractivity contribution in [3.63, 3.8) is 0 Å². The lowest BCUT2D eigenvalue weighted by atomic mass is 10.1. The number of ether oxygens (including phenoxy) is 2. The van der Waals surface area contributed by atoms with E-state index in [-0.39, 0.29) is 22.8 Å². The van der Waals surface area contributed by atoms with Gasteiger partial charge in [-0.25, -0.2) is 0 Å². The van der Waals surface area contributed by atoms with Gasteiger partial charge < -0.3 is 14.6 Å². The van der Waals surface area contributed by atoms with E-state index in [4.69, 9.17) is 9.47 Å². The second kappa shape index (κ2) is 6.80. The maximum Gasteiger partial charge on any atom is 0.193 e. The van der Waals surface area contributed by atoms with Gasteiger partial charge in [0.25, 0.3) is 0 Å². The fraction of sp³-hybridized carbons (Fsp3) is 0.167. The van der Waals surface area contributed by atoms with Gasteiger partial charge in [0.1, 0.15) is 22.8 Å². The highest BCUT2D eigenvalue weighted by atomic mass is 16.5. The monoisotopic (exact) mass is 298 g/mol. The normalized spacial score (nSPS) is 10.7. The molecule has 0 aliphatic heterocycles. The minimum absolute atomic E-state index is 0.117. The SMILES string of the molecule is COc1cc(O)c(C(=O)C=Cc2ccc(C)cc2)c(OC)c1. The minimum atomic E-state index is -0.336. The molecule has 2 aromatic rings. The minimum Gasteiger partial charge on any atom is -0.507 e. The van der Waals surface area contributed by atoms with Crippen LogP contribution in [-0.4, -0.2) is 25.1 Å². The first-order valence-electron chi connectivity index (χ1n) is 6.79. The molecule has 0 radical (unpaired) electrons. The molecule has 114 valence electrons. The van der Waals surface area contributed by atoms with E-state index in [1.165, 1.54) is 26.4 Å². The molecule has 0 atom stereocenters. The average molecular weight is 298 g/mol. The molecule has 22 heavy (non-hydrogen) atoms. The van der Waals surface area contributed by atoms with Gasteiger partial charge in [-0.1, -0.05) is 35.9 Å². The topological polar surface area (TPSA) is 55.8 Å². The largest absolute Gasteiger partial charge is 0.507 e. The molecule has 0 aromatic heterocycles. The van der Waals surface area contributed by atoms with Crippen molar-refractivity contribution >= 4 is 11.9 Å². The Morgan fingerprint density at radius 2 is 1.77 bits per heavy atom. The summed E-state index contributed by atoms with van der Waals surface area (Å²) in [6.07, 6.45) is 3.11. The van der Waals surface area contributed by atoms with Crippen molar-refractivity contribution in [1.29, 1.82) is 0 Å². The van der Waals surface area contributed by atoms with Gasteiger partial charge in [0, 0.05) is 12.1 Å². The Morgan fingerprint density at radius 3 is 2.36 bits per heavy atom. The maximum absolute atomic E-state index is 12.3. The number of aryl methyl sites for hydroxylation is 1. The van der Waals surface area contributed by atoms with E-state index in [0.29, 0.717) is 5.75 Å². The van der Waals surface area contributed by atoms with Crippen LogP contribution in [0.25, 0.3) is 6.08 Å². The van der Waals surface area contributed by atoms with Crippen LogP contribution < -0.4 is 9.47 Å². The van der Waals surface area contributed by atoms with Crippen LogP contribution in [0, 0.1) is 6.92 Å². The number of hydrogen-bond donors (Lipinski definition) is 1. The highest BCUT2D eigenvalue weighted by molar-refractivity contribution is 6.10. The Bertz CT molecular complexity index is 700. The summed E-state index contributed by atoms with van der Waals surface area (Å²) in [5.74, 6) is 0.191. The van der Waals surface area contributed by atoms with Gasteiger partial charge in [-0.2, -0.15) is 0 Å². The second-order valence-corrected chi connectivity index (χ2v) is 4.83.